The minimum atomic E-state index is 0. The van der Waals surface area contributed by atoms with Gasteiger partial charge in [0.05, 0.1) is 11.7 Å². The minimum Gasteiger partial charge on any atom is -0.316 e. The van der Waals surface area contributed by atoms with Gasteiger partial charge in [0.1, 0.15) is 0 Å². The predicted molar refractivity (Wildman–Crippen MR) is 89.0 cm³/mol. The summed E-state index contributed by atoms with van der Waals surface area (Å²) in [7, 11) is 0. The molecule has 1 aliphatic heterocycles. The summed E-state index contributed by atoms with van der Waals surface area (Å²) in [6, 6.07) is 6.70. The number of fused-ring (bicyclic) bond motifs is 3. The highest BCUT2D eigenvalue weighted by atomic mass is 35.5. The Balaban J connectivity index is 0.00000132. The normalized spacial score (nSPS) is 31.9. The van der Waals surface area contributed by atoms with Crippen molar-refractivity contribution in [3.05, 3.63) is 30.0 Å². The number of hydrogen-bond donors (Lipinski definition) is 2. The number of aromatic nitrogens is 2. The van der Waals surface area contributed by atoms with E-state index in [2.05, 4.69) is 40.6 Å². The van der Waals surface area contributed by atoms with Crippen LogP contribution in [0.5, 0.6) is 0 Å². The smallest absolute Gasteiger partial charge is 0.0653 e. The van der Waals surface area contributed by atoms with E-state index >= 15 is 0 Å². The largest absolute Gasteiger partial charge is 0.316 e. The predicted octanol–water partition coefficient (Wildman–Crippen LogP) is 3.65. The molecule has 1 aromatic heterocycles. The van der Waals surface area contributed by atoms with Gasteiger partial charge in [-0.15, -0.1) is 12.4 Å². The van der Waals surface area contributed by atoms with Crippen LogP contribution in [-0.4, -0.2) is 23.3 Å². The third-order valence-corrected chi connectivity index (χ3v) is 5.91. The van der Waals surface area contributed by atoms with Gasteiger partial charge in [-0.1, -0.05) is 25.5 Å². The van der Waals surface area contributed by atoms with E-state index in [0.717, 1.165) is 11.8 Å². The number of piperidine rings is 1. The molecule has 1 aliphatic carbocycles. The van der Waals surface area contributed by atoms with E-state index in [0.29, 0.717) is 5.41 Å². The van der Waals surface area contributed by atoms with Crippen molar-refractivity contribution in [2.45, 2.75) is 38.0 Å². The van der Waals surface area contributed by atoms with Crippen LogP contribution in [0.15, 0.2) is 24.4 Å². The van der Waals surface area contributed by atoms with E-state index in [9.17, 15) is 0 Å². The number of hydrogen-bond acceptors (Lipinski definition) is 2. The molecule has 0 spiro atoms. The average molecular weight is 306 g/mol. The van der Waals surface area contributed by atoms with E-state index in [4.69, 9.17) is 0 Å². The van der Waals surface area contributed by atoms with Crippen molar-refractivity contribution in [3.63, 3.8) is 0 Å². The van der Waals surface area contributed by atoms with Gasteiger partial charge in [0.15, 0.2) is 0 Å². The maximum Gasteiger partial charge on any atom is 0.0653 e. The first-order valence-electron chi connectivity index (χ1n) is 7.99. The van der Waals surface area contributed by atoms with Crippen LogP contribution in [0.1, 0.15) is 38.2 Å². The lowest BCUT2D eigenvalue weighted by molar-refractivity contribution is 0.0637. The Labute approximate surface area is 132 Å². The van der Waals surface area contributed by atoms with Crippen molar-refractivity contribution in [2.24, 2.45) is 11.8 Å². The fourth-order valence-corrected chi connectivity index (χ4v) is 5.04. The summed E-state index contributed by atoms with van der Waals surface area (Å²) in [4.78, 5) is 0. The molecule has 114 valence electrons. The summed E-state index contributed by atoms with van der Waals surface area (Å²) in [5, 5.41) is 12.4. The Bertz CT molecular complexity index is 599. The molecule has 2 heterocycles. The quantitative estimate of drug-likeness (QED) is 0.889. The molecule has 2 aromatic rings. The lowest BCUT2D eigenvalue weighted by Crippen LogP contribution is -2.56. The van der Waals surface area contributed by atoms with E-state index in [1.165, 1.54) is 49.7 Å². The Kier molecular flexibility index (Phi) is 3.98. The van der Waals surface area contributed by atoms with Crippen LogP contribution in [-0.2, 0) is 5.41 Å². The van der Waals surface area contributed by atoms with E-state index in [1.54, 1.807) is 5.56 Å². The molecular formula is C17H24ClN3. The number of H-pyrrole nitrogens is 1. The second-order valence-electron chi connectivity index (χ2n) is 6.51. The zero-order valence-corrected chi connectivity index (χ0v) is 13.4. The fourth-order valence-electron chi connectivity index (χ4n) is 5.04. The van der Waals surface area contributed by atoms with Crippen LogP contribution in [0, 0.1) is 11.8 Å². The Morgan fingerprint density at radius 1 is 1.24 bits per heavy atom. The van der Waals surface area contributed by atoms with Gasteiger partial charge >= 0.3 is 0 Å². The van der Waals surface area contributed by atoms with Crippen LogP contribution in [0.25, 0.3) is 10.9 Å². The third kappa shape index (κ3) is 2.01. The van der Waals surface area contributed by atoms with Crippen LogP contribution in [0.4, 0.5) is 0 Å². The Morgan fingerprint density at radius 3 is 2.71 bits per heavy atom. The number of benzene rings is 1. The zero-order chi connectivity index (χ0) is 13.6. The SMILES string of the molecule is CCC1(c2cccc3[nH]ncc23)C2CCCC1CNC2.Cl. The number of nitrogens with one attached hydrogen (secondary N) is 2. The highest BCUT2D eigenvalue weighted by Gasteiger charge is 2.49. The first-order chi connectivity index (χ1) is 9.86. The van der Waals surface area contributed by atoms with Gasteiger partial charge in [-0.2, -0.15) is 5.10 Å². The molecule has 4 heteroatoms. The molecule has 1 saturated carbocycles. The topological polar surface area (TPSA) is 40.7 Å². The van der Waals surface area contributed by atoms with Gasteiger partial charge in [0, 0.05) is 10.8 Å². The van der Waals surface area contributed by atoms with Crippen LogP contribution < -0.4 is 5.32 Å². The van der Waals surface area contributed by atoms with Crippen molar-refractivity contribution in [3.8, 4) is 0 Å². The minimum absolute atomic E-state index is 0. The van der Waals surface area contributed by atoms with Crippen LogP contribution in [0.2, 0.25) is 0 Å². The molecule has 21 heavy (non-hydrogen) atoms. The molecule has 0 amide bonds. The molecule has 2 unspecified atom stereocenters. The molecule has 2 N–H and O–H groups in total. The second-order valence-corrected chi connectivity index (χ2v) is 6.51. The Hall–Kier alpha value is -1.06. The summed E-state index contributed by atoms with van der Waals surface area (Å²) < 4.78 is 0. The fraction of sp³-hybridized carbons (Fsp3) is 0.588. The number of nitrogens with zero attached hydrogens (tertiary/aromatic N) is 1. The summed E-state index contributed by atoms with van der Waals surface area (Å²) in [6.07, 6.45) is 7.41. The van der Waals surface area contributed by atoms with Gasteiger partial charge < -0.3 is 5.32 Å². The molecule has 0 radical (unpaired) electrons. The summed E-state index contributed by atoms with van der Waals surface area (Å²) in [5.41, 5.74) is 3.08. The number of aromatic amines is 1. The molecule has 2 aliphatic rings. The van der Waals surface area contributed by atoms with E-state index in [-0.39, 0.29) is 12.4 Å². The van der Waals surface area contributed by atoms with Crippen molar-refractivity contribution >= 4 is 23.3 Å². The van der Waals surface area contributed by atoms with Gasteiger partial charge in [0.25, 0.3) is 0 Å². The maximum atomic E-state index is 4.28. The van der Waals surface area contributed by atoms with Gasteiger partial charge in [-0.3, -0.25) is 5.10 Å². The van der Waals surface area contributed by atoms with Crippen molar-refractivity contribution < 1.29 is 0 Å². The lowest BCUT2D eigenvalue weighted by Gasteiger charge is -2.54. The average Bonchev–Trinajstić information content (AvgIpc) is 2.94. The van der Waals surface area contributed by atoms with Gasteiger partial charge in [-0.25, -0.2) is 0 Å². The van der Waals surface area contributed by atoms with Crippen molar-refractivity contribution in [2.75, 3.05) is 13.1 Å². The van der Waals surface area contributed by atoms with Gasteiger partial charge in [0.2, 0.25) is 0 Å². The number of rotatable bonds is 2. The standard InChI is InChI=1S/C17H23N3.ClH/c1-2-17(12-5-3-6-13(17)10-18-9-12)15-7-4-8-16-14(15)11-19-20-16;/h4,7-8,11-13,18H,2-3,5-6,9-10H2,1H3,(H,19,20);1H. The second kappa shape index (κ2) is 5.62. The molecular weight excluding hydrogens is 282 g/mol. The first kappa shape index (κ1) is 14.9. The highest BCUT2D eigenvalue weighted by Crippen LogP contribution is 2.52. The number of halogens is 1. The first-order valence-corrected chi connectivity index (χ1v) is 7.99. The monoisotopic (exact) mass is 305 g/mol. The van der Waals surface area contributed by atoms with Crippen LogP contribution in [0.3, 0.4) is 0 Å². The Morgan fingerprint density at radius 2 is 2.00 bits per heavy atom. The van der Waals surface area contributed by atoms with Gasteiger partial charge in [-0.05, 0) is 55.8 Å². The van der Waals surface area contributed by atoms with Crippen molar-refractivity contribution in [1.29, 1.82) is 0 Å². The molecule has 1 aromatic carbocycles. The molecule has 2 atom stereocenters. The van der Waals surface area contributed by atoms with Crippen LogP contribution >= 0.6 is 12.4 Å². The molecule has 2 fully saturated rings. The zero-order valence-electron chi connectivity index (χ0n) is 12.6. The molecule has 4 rings (SSSR count). The molecule has 2 bridgehead atoms. The maximum absolute atomic E-state index is 4.28. The lowest BCUT2D eigenvalue weighted by atomic mass is 9.53. The summed E-state index contributed by atoms with van der Waals surface area (Å²) in [5.74, 6) is 1.56. The summed E-state index contributed by atoms with van der Waals surface area (Å²) >= 11 is 0. The molecule has 1 saturated heterocycles. The third-order valence-electron chi connectivity index (χ3n) is 5.91. The highest BCUT2D eigenvalue weighted by molar-refractivity contribution is 5.85. The van der Waals surface area contributed by atoms with E-state index < -0.39 is 0 Å². The van der Waals surface area contributed by atoms with E-state index in [1.807, 2.05) is 6.20 Å². The van der Waals surface area contributed by atoms with Crippen molar-refractivity contribution in [1.82, 2.24) is 15.5 Å². The molecule has 3 nitrogen and oxygen atoms in total. The summed E-state index contributed by atoms with van der Waals surface area (Å²) in [6.45, 7) is 4.74.